The summed E-state index contributed by atoms with van der Waals surface area (Å²) in [4.78, 5) is 9.64. The zero-order valence-electron chi connectivity index (χ0n) is 8.02. The van der Waals surface area contributed by atoms with Crippen molar-refractivity contribution < 1.29 is 13.3 Å². The lowest BCUT2D eigenvalue weighted by Crippen LogP contribution is -1.99. The molecule has 0 amide bonds. The van der Waals surface area contributed by atoms with E-state index in [2.05, 4.69) is 0 Å². The number of rotatable bonds is 2. The predicted octanol–water partition coefficient (Wildman–Crippen LogP) is 2.14. The van der Waals surface area contributed by atoms with Crippen molar-refractivity contribution in [1.29, 1.82) is 0 Å². The molecule has 1 aromatic rings. The summed E-state index contributed by atoms with van der Waals surface area (Å²) in [5, 5.41) is 10.5. The second kappa shape index (κ2) is 3.79. The first-order chi connectivity index (χ1) is 6.73. The standard InChI is InChI=1S/C8H8ClNO4S/c1-5-3-7(10(11)12)4-8(6(5)2)15(9,13)14/h3-4H,1-2H3. The molecule has 0 aliphatic carbocycles. The Morgan fingerprint density at radius 1 is 1.33 bits per heavy atom. The second-order valence-corrected chi connectivity index (χ2v) is 5.62. The summed E-state index contributed by atoms with van der Waals surface area (Å²) in [7, 11) is 1.22. The van der Waals surface area contributed by atoms with Crippen molar-refractivity contribution in [3.8, 4) is 0 Å². The monoisotopic (exact) mass is 249 g/mol. The third-order valence-electron chi connectivity index (χ3n) is 2.08. The molecule has 0 atom stereocenters. The number of hydrogen-bond donors (Lipinski definition) is 0. The highest BCUT2D eigenvalue weighted by atomic mass is 35.7. The molecule has 7 heteroatoms. The number of benzene rings is 1. The highest BCUT2D eigenvalue weighted by Gasteiger charge is 2.19. The number of halogens is 1. The average molecular weight is 250 g/mol. The molecule has 0 aliphatic rings. The van der Waals surface area contributed by atoms with Crippen molar-refractivity contribution in [3.05, 3.63) is 33.4 Å². The second-order valence-electron chi connectivity index (χ2n) is 3.08. The van der Waals surface area contributed by atoms with Gasteiger partial charge in [0.05, 0.1) is 9.82 Å². The first kappa shape index (κ1) is 11.9. The SMILES string of the molecule is Cc1cc([N+](=O)[O-])cc(S(=O)(=O)Cl)c1C. The predicted molar refractivity (Wildman–Crippen MR) is 55.6 cm³/mol. The van der Waals surface area contributed by atoms with Crippen molar-refractivity contribution in [3.63, 3.8) is 0 Å². The van der Waals surface area contributed by atoms with Gasteiger partial charge >= 0.3 is 0 Å². The van der Waals surface area contributed by atoms with Gasteiger partial charge in [0, 0.05) is 22.8 Å². The van der Waals surface area contributed by atoms with Gasteiger partial charge < -0.3 is 0 Å². The molecular weight excluding hydrogens is 242 g/mol. The van der Waals surface area contributed by atoms with Gasteiger partial charge in [-0.3, -0.25) is 10.1 Å². The van der Waals surface area contributed by atoms with Crippen LogP contribution in [0.4, 0.5) is 5.69 Å². The molecule has 0 saturated heterocycles. The molecule has 1 aromatic carbocycles. The van der Waals surface area contributed by atoms with Crippen LogP contribution in [0.2, 0.25) is 0 Å². The third-order valence-corrected chi connectivity index (χ3v) is 3.53. The van der Waals surface area contributed by atoms with Gasteiger partial charge in [0.1, 0.15) is 0 Å². The maximum absolute atomic E-state index is 11.1. The van der Waals surface area contributed by atoms with Crippen LogP contribution < -0.4 is 0 Å². The molecule has 0 radical (unpaired) electrons. The van der Waals surface area contributed by atoms with Crippen molar-refractivity contribution in [2.24, 2.45) is 0 Å². The van der Waals surface area contributed by atoms with Crippen LogP contribution >= 0.6 is 10.7 Å². The third kappa shape index (κ3) is 2.45. The average Bonchev–Trinajstić information content (AvgIpc) is 2.06. The molecule has 82 valence electrons. The fraction of sp³-hybridized carbons (Fsp3) is 0.250. The fourth-order valence-electron chi connectivity index (χ4n) is 1.17. The van der Waals surface area contributed by atoms with Gasteiger partial charge in [-0.15, -0.1) is 0 Å². The molecule has 0 aliphatic heterocycles. The molecule has 0 fully saturated rings. The highest BCUT2D eigenvalue weighted by Crippen LogP contribution is 2.27. The summed E-state index contributed by atoms with van der Waals surface area (Å²) in [6.45, 7) is 3.14. The molecule has 0 spiro atoms. The van der Waals surface area contributed by atoms with Gasteiger partial charge in [0.25, 0.3) is 14.7 Å². The number of non-ortho nitro benzene ring substituents is 1. The lowest BCUT2D eigenvalue weighted by Gasteiger charge is -2.05. The molecular formula is C8H8ClNO4S. The van der Waals surface area contributed by atoms with E-state index in [1.165, 1.54) is 6.07 Å². The van der Waals surface area contributed by atoms with E-state index in [1.54, 1.807) is 13.8 Å². The van der Waals surface area contributed by atoms with Crippen LogP contribution in [0.1, 0.15) is 11.1 Å². The van der Waals surface area contributed by atoms with E-state index in [0.717, 1.165) is 6.07 Å². The smallest absolute Gasteiger partial charge is 0.258 e. The summed E-state index contributed by atoms with van der Waals surface area (Å²) in [5.74, 6) is 0. The Kier molecular flexibility index (Phi) is 3.01. The zero-order chi connectivity index (χ0) is 11.8. The van der Waals surface area contributed by atoms with Gasteiger partial charge in [0.15, 0.2) is 0 Å². The number of nitro benzene ring substituents is 1. The fourth-order valence-corrected chi connectivity index (χ4v) is 2.44. The molecule has 5 nitrogen and oxygen atoms in total. The molecule has 0 N–H and O–H groups in total. The minimum Gasteiger partial charge on any atom is -0.258 e. The van der Waals surface area contributed by atoms with Crippen LogP contribution in [-0.2, 0) is 9.05 Å². The van der Waals surface area contributed by atoms with E-state index >= 15 is 0 Å². The Morgan fingerprint density at radius 2 is 1.87 bits per heavy atom. The quantitative estimate of drug-likeness (QED) is 0.457. The van der Waals surface area contributed by atoms with Crippen molar-refractivity contribution in [2.75, 3.05) is 0 Å². The molecule has 1 rings (SSSR count). The largest absolute Gasteiger partial charge is 0.271 e. The van der Waals surface area contributed by atoms with E-state index in [-0.39, 0.29) is 10.6 Å². The van der Waals surface area contributed by atoms with Crippen molar-refractivity contribution in [1.82, 2.24) is 0 Å². The van der Waals surface area contributed by atoms with Crippen molar-refractivity contribution in [2.45, 2.75) is 18.7 Å². The Balaban J connectivity index is 3.59. The molecule has 0 unspecified atom stereocenters. The van der Waals surface area contributed by atoms with E-state index in [1.807, 2.05) is 0 Å². The van der Waals surface area contributed by atoms with Gasteiger partial charge in [-0.05, 0) is 25.0 Å². The van der Waals surface area contributed by atoms with E-state index in [4.69, 9.17) is 10.7 Å². The lowest BCUT2D eigenvalue weighted by atomic mass is 10.1. The maximum atomic E-state index is 11.1. The molecule has 0 heterocycles. The molecule has 0 aromatic heterocycles. The van der Waals surface area contributed by atoms with Crippen LogP contribution in [0.5, 0.6) is 0 Å². The Hall–Kier alpha value is -1.14. The zero-order valence-corrected chi connectivity index (χ0v) is 9.59. The number of nitrogens with zero attached hydrogens (tertiary/aromatic N) is 1. The summed E-state index contributed by atoms with van der Waals surface area (Å²) >= 11 is 0. The van der Waals surface area contributed by atoms with Gasteiger partial charge in [-0.1, -0.05) is 0 Å². The Bertz CT molecular complexity index is 524. The van der Waals surface area contributed by atoms with Crippen LogP contribution in [0, 0.1) is 24.0 Å². The topological polar surface area (TPSA) is 77.3 Å². The van der Waals surface area contributed by atoms with Crippen molar-refractivity contribution >= 4 is 25.4 Å². The molecule has 0 saturated carbocycles. The molecule has 15 heavy (non-hydrogen) atoms. The maximum Gasteiger partial charge on any atom is 0.271 e. The van der Waals surface area contributed by atoms with Crippen LogP contribution in [0.15, 0.2) is 17.0 Å². The van der Waals surface area contributed by atoms with Crippen LogP contribution in [0.3, 0.4) is 0 Å². The normalized spacial score (nSPS) is 11.4. The van der Waals surface area contributed by atoms with Gasteiger partial charge in [-0.2, -0.15) is 0 Å². The first-order valence-corrected chi connectivity index (χ1v) is 6.24. The number of hydrogen-bond acceptors (Lipinski definition) is 4. The summed E-state index contributed by atoms with van der Waals surface area (Å²) < 4.78 is 22.2. The van der Waals surface area contributed by atoms with E-state index in [0.29, 0.717) is 11.1 Å². The minimum absolute atomic E-state index is 0.212. The van der Waals surface area contributed by atoms with Crippen LogP contribution in [0.25, 0.3) is 0 Å². The van der Waals surface area contributed by atoms with Gasteiger partial charge in [0.2, 0.25) is 0 Å². The molecule has 0 bridgehead atoms. The highest BCUT2D eigenvalue weighted by molar-refractivity contribution is 8.13. The summed E-state index contributed by atoms with van der Waals surface area (Å²) in [6, 6.07) is 2.27. The summed E-state index contributed by atoms with van der Waals surface area (Å²) in [6.07, 6.45) is 0. The summed E-state index contributed by atoms with van der Waals surface area (Å²) in [5.41, 5.74) is 0.663. The van der Waals surface area contributed by atoms with E-state index < -0.39 is 14.0 Å². The number of nitro groups is 1. The lowest BCUT2D eigenvalue weighted by molar-refractivity contribution is -0.385. The van der Waals surface area contributed by atoms with Gasteiger partial charge in [-0.25, -0.2) is 8.42 Å². The Labute approximate surface area is 91.2 Å². The number of aryl methyl sites for hydroxylation is 1. The van der Waals surface area contributed by atoms with Crippen LogP contribution in [-0.4, -0.2) is 13.3 Å². The van der Waals surface area contributed by atoms with E-state index in [9.17, 15) is 18.5 Å². The minimum atomic E-state index is -3.94. The first-order valence-electron chi connectivity index (χ1n) is 3.94. The Morgan fingerprint density at radius 3 is 2.27 bits per heavy atom.